The molecule has 1 saturated heterocycles. The van der Waals surface area contributed by atoms with Gasteiger partial charge in [-0.3, -0.25) is 0 Å². The van der Waals surface area contributed by atoms with Gasteiger partial charge in [-0.25, -0.2) is 0 Å². The quantitative estimate of drug-likeness (QED) is 0.690. The van der Waals surface area contributed by atoms with E-state index < -0.39 is 0 Å². The Morgan fingerprint density at radius 3 is 2.36 bits per heavy atom. The van der Waals surface area contributed by atoms with E-state index in [9.17, 15) is 0 Å². The molecule has 0 N–H and O–H groups in total. The molecule has 14 heavy (non-hydrogen) atoms. The lowest BCUT2D eigenvalue weighted by Gasteiger charge is -2.35. The van der Waals surface area contributed by atoms with Crippen molar-refractivity contribution in [1.82, 2.24) is 4.90 Å². The highest BCUT2D eigenvalue weighted by molar-refractivity contribution is 4.75. The number of rotatable bonds is 4. The number of ether oxygens (including phenoxy) is 1. The Labute approximate surface area is 88.6 Å². The summed E-state index contributed by atoms with van der Waals surface area (Å²) in [5.74, 6) is 0. The van der Waals surface area contributed by atoms with Crippen molar-refractivity contribution < 1.29 is 4.74 Å². The molecule has 1 aliphatic heterocycles. The van der Waals surface area contributed by atoms with Crippen LogP contribution in [-0.2, 0) is 4.74 Å². The van der Waals surface area contributed by atoms with Gasteiger partial charge in [-0.2, -0.15) is 0 Å². The predicted octanol–water partition coefficient (Wildman–Crippen LogP) is 2.68. The van der Waals surface area contributed by atoms with E-state index >= 15 is 0 Å². The average Bonchev–Trinajstić information content (AvgIpc) is 2.08. The fraction of sp³-hybridized carbons (Fsp3) is 1.00. The number of piperidine rings is 1. The zero-order chi connectivity index (χ0) is 10.6. The second kappa shape index (κ2) is 5.13. The van der Waals surface area contributed by atoms with Gasteiger partial charge in [0.2, 0.25) is 0 Å². The minimum absolute atomic E-state index is 0.0787. The highest BCUT2D eigenvalue weighted by Crippen LogP contribution is 2.23. The minimum atomic E-state index is 0.0787. The third kappa shape index (κ3) is 3.97. The SMILES string of the molecule is CCCC(C)(C)OC1CCN(C)CC1. The lowest BCUT2D eigenvalue weighted by Crippen LogP contribution is -2.39. The fourth-order valence-electron chi connectivity index (χ4n) is 2.21. The van der Waals surface area contributed by atoms with E-state index in [1.807, 2.05) is 0 Å². The second-order valence-electron chi connectivity index (χ2n) is 5.13. The normalized spacial score (nSPS) is 21.4. The van der Waals surface area contributed by atoms with Gasteiger partial charge in [0.1, 0.15) is 0 Å². The lowest BCUT2D eigenvalue weighted by molar-refractivity contribution is -0.0944. The van der Waals surface area contributed by atoms with Crippen LogP contribution < -0.4 is 0 Å². The van der Waals surface area contributed by atoms with Crippen LogP contribution in [0.3, 0.4) is 0 Å². The van der Waals surface area contributed by atoms with Crippen molar-refractivity contribution in [1.29, 1.82) is 0 Å². The molecule has 1 fully saturated rings. The number of nitrogens with zero attached hydrogens (tertiary/aromatic N) is 1. The molecular weight excluding hydrogens is 174 g/mol. The summed E-state index contributed by atoms with van der Waals surface area (Å²) in [6, 6.07) is 0. The van der Waals surface area contributed by atoms with Gasteiger partial charge < -0.3 is 9.64 Å². The molecule has 0 saturated carbocycles. The number of likely N-dealkylation sites (tertiary alicyclic amines) is 1. The summed E-state index contributed by atoms with van der Waals surface area (Å²) in [5.41, 5.74) is 0.0787. The van der Waals surface area contributed by atoms with Gasteiger partial charge in [-0.1, -0.05) is 13.3 Å². The fourth-order valence-corrected chi connectivity index (χ4v) is 2.21. The molecule has 1 rings (SSSR count). The summed E-state index contributed by atoms with van der Waals surface area (Å²) >= 11 is 0. The number of hydrogen-bond acceptors (Lipinski definition) is 2. The van der Waals surface area contributed by atoms with Crippen LogP contribution in [0.1, 0.15) is 46.5 Å². The molecule has 1 heterocycles. The van der Waals surface area contributed by atoms with Gasteiger partial charge in [0.05, 0.1) is 11.7 Å². The molecule has 0 bridgehead atoms. The topological polar surface area (TPSA) is 12.5 Å². The van der Waals surface area contributed by atoms with Crippen LogP contribution in [0.5, 0.6) is 0 Å². The van der Waals surface area contributed by atoms with Crippen molar-refractivity contribution in [2.24, 2.45) is 0 Å². The summed E-state index contributed by atoms with van der Waals surface area (Å²) in [5, 5.41) is 0. The third-order valence-corrected chi connectivity index (χ3v) is 3.00. The molecular formula is C12H25NO. The van der Waals surface area contributed by atoms with E-state index in [1.165, 1.54) is 38.8 Å². The van der Waals surface area contributed by atoms with Gasteiger partial charge in [0, 0.05) is 13.1 Å². The van der Waals surface area contributed by atoms with Crippen LogP contribution in [-0.4, -0.2) is 36.7 Å². The molecule has 0 spiro atoms. The van der Waals surface area contributed by atoms with Gasteiger partial charge in [0.25, 0.3) is 0 Å². The monoisotopic (exact) mass is 199 g/mol. The molecule has 1 aliphatic rings. The Hall–Kier alpha value is -0.0800. The Kier molecular flexibility index (Phi) is 4.39. The Balaban J connectivity index is 2.29. The largest absolute Gasteiger partial charge is 0.372 e. The molecule has 0 aromatic heterocycles. The van der Waals surface area contributed by atoms with E-state index in [2.05, 4.69) is 32.7 Å². The maximum Gasteiger partial charge on any atom is 0.0630 e. The molecule has 0 aliphatic carbocycles. The van der Waals surface area contributed by atoms with Crippen molar-refractivity contribution in [3.63, 3.8) is 0 Å². The lowest BCUT2D eigenvalue weighted by atomic mass is 10.0. The molecule has 2 nitrogen and oxygen atoms in total. The molecule has 2 heteroatoms. The molecule has 0 aromatic rings. The maximum atomic E-state index is 6.14. The molecule has 0 atom stereocenters. The smallest absolute Gasteiger partial charge is 0.0630 e. The van der Waals surface area contributed by atoms with Crippen molar-refractivity contribution in [2.45, 2.75) is 58.2 Å². The van der Waals surface area contributed by atoms with Crippen LogP contribution in [0.25, 0.3) is 0 Å². The first-order valence-corrected chi connectivity index (χ1v) is 5.90. The Bertz CT molecular complexity index is 160. The minimum Gasteiger partial charge on any atom is -0.372 e. The first kappa shape index (κ1) is 12.0. The molecule has 0 aromatic carbocycles. The van der Waals surface area contributed by atoms with Crippen molar-refractivity contribution >= 4 is 0 Å². The van der Waals surface area contributed by atoms with Crippen molar-refractivity contribution in [2.75, 3.05) is 20.1 Å². The summed E-state index contributed by atoms with van der Waals surface area (Å²) in [6.07, 6.45) is 5.26. The predicted molar refractivity (Wildman–Crippen MR) is 60.6 cm³/mol. The molecule has 0 unspecified atom stereocenters. The van der Waals surface area contributed by atoms with Crippen LogP contribution in [0.4, 0.5) is 0 Å². The van der Waals surface area contributed by atoms with Gasteiger partial charge in [0.15, 0.2) is 0 Å². The van der Waals surface area contributed by atoms with E-state index in [0.29, 0.717) is 6.10 Å². The van der Waals surface area contributed by atoms with Crippen LogP contribution in [0.2, 0.25) is 0 Å². The standard InChI is InChI=1S/C12H25NO/c1-5-8-12(2,3)14-11-6-9-13(4)10-7-11/h11H,5-10H2,1-4H3. The molecule has 0 radical (unpaired) electrons. The van der Waals surface area contributed by atoms with Crippen LogP contribution >= 0.6 is 0 Å². The first-order chi connectivity index (χ1) is 6.53. The zero-order valence-electron chi connectivity index (χ0n) is 10.2. The van der Waals surface area contributed by atoms with E-state index in [1.54, 1.807) is 0 Å². The van der Waals surface area contributed by atoms with Crippen LogP contribution in [0.15, 0.2) is 0 Å². The average molecular weight is 199 g/mol. The molecule has 84 valence electrons. The zero-order valence-corrected chi connectivity index (χ0v) is 10.2. The molecule has 0 amide bonds. The van der Waals surface area contributed by atoms with Crippen LogP contribution in [0, 0.1) is 0 Å². The Morgan fingerprint density at radius 2 is 1.86 bits per heavy atom. The highest BCUT2D eigenvalue weighted by Gasteiger charge is 2.25. The van der Waals surface area contributed by atoms with Crippen molar-refractivity contribution in [3.05, 3.63) is 0 Å². The van der Waals surface area contributed by atoms with E-state index in [-0.39, 0.29) is 5.60 Å². The Morgan fingerprint density at radius 1 is 1.29 bits per heavy atom. The third-order valence-electron chi connectivity index (χ3n) is 3.00. The van der Waals surface area contributed by atoms with Gasteiger partial charge in [-0.15, -0.1) is 0 Å². The van der Waals surface area contributed by atoms with Crippen molar-refractivity contribution in [3.8, 4) is 0 Å². The maximum absolute atomic E-state index is 6.14. The number of hydrogen-bond donors (Lipinski definition) is 0. The highest BCUT2D eigenvalue weighted by atomic mass is 16.5. The summed E-state index contributed by atoms with van der Waals surface area (Å²) < 4.78 is 6.14. The van der Waals surface area contributed by atoms with E-state index in [0.717, 1.165) is 0 Å². The summed E-state index contributed by atoms with van der Waals surface area (Å²) in [4.78, 5) is 2.38. The van der Waals surface area contributed by atoms with Gasteiger partial charge in [-0.05, 0) is 40.2 Å². The van der Waals surface area contributed by atoms with E-state index in [4.69, 9.17) is 4.74 Å². The summed E-state index contributed by atoms with van der Waals surface area (Å²) in [7, 11) is 2.19. The summed E-state index contributed by atoms with van der Waals surface area (Å²) in [6.45, 7) is 9.03. The second-order valence-corrected chi connectivity index (χ2v) is 5.13. The first-order valence-electron chi connectivity index (χ1n) is 5.90. The van der Waals surface area contributed by atoms with Gasteiger partial charge >= 0.3 is 0 Å².